The molecule has 9 heteroatoms. The summed E-state index contributed by atoms with van der Waals surface area (Å²) in [4.78, 5) is 11.8. The number of rotatable bonds is 5. The summed E-state index contributed by atoms with van der Waals surface area (Å²) in [6.45, 7) is 3.44. The second kappa shape index (κ2) is 7.09. The molecular formula is C12H15Cl2NO4S2. The Bertz CT molecular complexity index is 689. The van der Waals surface area contributed by atoms with Crippen molar-refractivity contribution in [3.8, 4) is 0 Å². The first-order valence-electron chi connectivity index (χ1n) is 5.89. The van der Waals surface area contributed by atoms with Gasteiger partial charge in [0.15, 0.2) is 0 Å². The van der Waals surface area contributed by atoms with Gasteiger partial charge in [-0.2, -0.15) is 0 Å². The first kappa shape index (κ1) is 18.4. The molecule has 0 aliphatic rings. The van der Waals surface area contributed by atoms with Crippen LogP contribution in [0.4, 0.5) is 0 Å². The largest absolute Gasteiger partial charge is 0.351 e. The van der Waals surface area contributed by atoms with Crippen LogP contribution in [0, 0.1) is 6.92 Å². The van der Waals surface area contributed by atoms with Gasteiger partial charge in [-0.15, -0.1) is 0 Å². The standard InChI is InChI=1S/C12H15Cl2NO4S2/c1-7(20(3)17)6-15-12(16)9-4-10(13)8(2)11(5-9)21(14,18)19/h4-5,7H,6H2,1-3H3,(H,15,16). The lowest BCUT2D eigenvalue weighted by Crippen LogP contribution is -2.32. The van der Waals surface area contributed by atoms with E-state index in [2.05, 4.69) is 5.32 Å². The minimum atomic E-state index is -4.00. The van der Waals surface area contributed by atoms with Crippen molar-refractivity contribution < 1.29 is 17.4 Å². The fraction of sp³-hybridized carbons (Fsp3) is 0.417. The maximum atomic E-state index is 12.0. The molecule has 0 aromatic heterocycles. The average Bonchev–Trinajstić information content (AvgIpc) is 2.36. The quantitative estimate of drug-likeness (QED) is 0.803. The van der Waals surface area contributed by atoms with Crippen LogP contribution in [0.2, 0.25) is 5.02 Å². The van der Waals surface area contributed by atoms with Crippen LogP contribution in [0.25, 0.3) is 0 Å². The molecule has 2 unspecified atom stereocenters. The predicted molar refractivity (Wildman–Crippen MR) is 85.1 cm³/mol. The molecule has 0 saturated carbocycles. The molecule has 0 aliphatic carbocycles. The van der Waals surface area contributed by atoms with E-state index in [4.69, 9.17) is 22.3 Å². The SMILES string of the molecule is Cc1c(Cl)cc(C(=O)NCC(C)S(C)=O)cc1S(=O)(=O)Cl. The highest BCUT2D eigenvalue weighted by atomic mass is 35.7. The van der Waals surface area contributed by atoms with Gasteiger partial charge < -0.3 is 5.32 Å². The molecule has 1 aromatic rings. The Morgan fingerprint density at radius 1 is 1.43 bits per heavy atom. The molecular weight excluding hydrogens is 357 g/mol. The second-order valence-corrected chi connectivity index (χ2v) is 9.28. The first-order chi connectivity index (χ1) is 9.54. The van der Waals surface area contributed by atoms with Crippen LogP contribution in [0.3, 0.4) is 0 Å². The lowest BCUT2D eigenvalue weighted by atomic mass is 10.1. The van der Waals surface area contributed by atoms with Gasteiger partial charge in [-0.05, 0) is 31.5 Å². The van der Waals surface area contributed by atoms with Gasteiger partial charge in [-0.3, -0.25) is 9.00 Å². The van der Waals surface area contributed by atoms with Crippen LogP contribution in [0.1, 0.15) is 22.8 Å². The monoisotopic (exact) mass is 371 g/mol. The van der Waals surface area contributed by atoms with E-state index in [0.29, 0.717) is 0 Å². The van der Waals surface area contributed by atoms with Crippen molar-refractivity contribution in [1.29, 1.82) is 0 Å². The summed E-state index contributed by atoms with van der Waals surface area (Å²) in [6, 6.07) is 2.54. The lowest BCUT2D eigenvalue weighted by molar-refractivity contribution is 0.0954. The Labute approximate surface area is 135 Å². The molecule has 2 atom stereocenters. The molecule has 0 bridgehead atoms. The number of carbonyl (C=O) groups is 1. The normalized spacial score (nSPS) is 14.5. The molecule has 118 valence electrons. The highest BCUT2D eigenvalue weighted by Gasteiger charge is 2.19. The Kier molecular flexibility index (Phi) is 6.22. The Hall–Kier alpha value is -0.630. The molecule has 1 rings (SSSR count). The molecule has 5 nitrogen and oxygen atoms in total. The smallest absolute Gasteiger partial charge is 0.261 e. The second-order valence-electron chi connectivity index (χ2n) is 4.54. The van der Waals surface area contributed by atoms with E-state index >= 15 is 0 Å². The molecule has 0 fully saturated rings. The van der Waals surface area contributed by atoms with Crippen molar-refractivity contribution in [2.45, 2.75) is 24.0 Å². The maximum Gasteiger partial charge on any atom is 0.261 e. The van der Waals surface area contributed by atoms with Crippen molar-refractivity contribution >= 4 is 48.0 Å². The highest BCUT2D eigenvalue weighted by molar-refractivity contribution is 8.13. The molecule has 21 heavy (non-hydrogen) atoms. The number of benzene rings is 1. The van der Waals surface area contributed by atoms with E-state index in [1.54, 1.807) is 6.92 Å². The Balaban J connectivity index is 3.07. The maximum absolute atomic E-state index is 12.0. The van der Waals surface area contributed by atoms with Crippen molar-refractivity contribution in [2.24, 2.45) is 0 Å². The number of hydrogen-bond acceptors (Lipinski definition) is 4. The fourth-order valence-electron chi connectivity index (χ4n) is 1.49. The highest BCUT2D eigenvalue weighted by Crippen LogP contribution is 2.27. The van der Waals surface area contributed by atoms with Gasteiger partial charge >= 0.3 is 0 Å². The van der Waals surface area contributed by atoms with Gasteiger partial charge in [0.1, 0.15) is 0 Å². The topological polar surface area (TPSA) is 80.3 Å². The fourth-order valence-corrected chi connectivity index (χ4v) is 3.31. The van der Waals surface area contributed by atoms with Crippen molar-refractivity contribution in [3.63, 3.8) is 0 Å². The van der Waals surface area contributed by atoms with Crippen molar-refractivity contribution in [3.05, 3.63) is 28.3 Å². The molecule has 0 radical (unpaired) electrons. The molecule has 0 spiro atoms. The molecule has 0 aliphatic heterocycles. The molecule has 1 N–H and O–H groups in total. The first-order valence-corrected chi connectivity index (χ1v) is 10.2. The Morgan fingerprint density at radius 2 is 2.00 bits per heavy atom. The summed E-state index contributed by atoms with van der Waals surface area (Å²) in [6.07, 6.45) is 1.54. The van der Waals surface area contributed by atoms with Gasteiger partial charge in [0.05, 0.1) is 4.90 Å². The summed E-state index contributed by atoms with van der Waals surface area (Å²) in [7, 11) is 0.258. The predicted octanol–water partition coefficient (Wildman–Crippen LogP) is 2.07. The summed E-state index contributed by atoms with van der Waals surface area (Å²) in [5, 5.41) is 2.49. The zero-order valence-corrected chi connectivity index (χ0v) is 14.8. The number of nitrogens with one attached hydrogen (secondary N) is 1. The van der Waals surface area contributed by atoms with Crippen molar-refractivity contribution in [2.75, 3.05) is 12.8 Å². The number of halogens is 2. The number of carbonyl (C=O) groups excluding carboxylic acids is 1. The van der Waals surface area contributed by atoms with Crippen LogP contribution in [-0.4, -0.2) is 36.6 Å². The van der Waals surface area contributed by atoms with Gasteiger partial charge in [0, 0.05) is 50.1 Å². The molecule has 1 aromatic carbocycles. The third-order valence-corrected chi connectivity index (χ3v) is 6.08. The number of amides is 1. The molecule has 1 amide bonds. The van der Waals surface area contributed by atoms with Gasteiger partial charge in [-0.1, -0.05) is 11.6 Å². The zero-order valence-electron chi connectivity index (χ0n) is 11.6. The van der Waals surface area contributed by atoms with E-state index < -0.39 is 25.8 Å². The van der Waals surface area contributed by atoms with Gasteiger partial charge in [-0.25, -0.2) is 8.42 Å². The van der Waals surface area contributed by atoms with Crippen LogP contribution in [-0.2, 0) is 19.9 Å². The van der Waals surface area contributed by atoms with Gasteiger partial charge in [0.25, 0.3) is 15.0 Å². The zero-order chi connectivity index (χ0) is 16.4. The van der Waals surface area contributed by atoms with Crippen LogP contribution in [0.5, 0.6) is 0 Å². The average molecular weight is 372 g/mol. The minimum Gasteiger partial charge on any atom is -0.351 e. The summed E-state index contributed by atoms with van der Waals surface area (Å²) in [5.74, 6) is -0.504. The third-order valence-electron chi connectivity index (χ3n) is 2.94. The number of hydrogen-bond donors (Lipinski definition) is 1. The van der Waals surface area contributed by atoms with Crippen molar-refractivity contribution in [1.82, 2.24) is 5.32 Å². The van der Waals surface area contributed by atoms with Gasteiger partial charge in [0.2, 0.25) is 0 Å². The minimum absolute atomic E-state index is 0.0823. The van der Waals surface area contributed by atoms with E-state index in [1.807, 2.05) is 0 Å². The molecule has 0 heterocycles. The van der Waals surface area contributed by atoms with Crippen LogP contribution in [0.15, 0.2) is 17.0 Å². The summed E-state index contributed by atoms with van der Waals surface area (Å²) < 4.78 is 34.2. The van der Waals surface area contributed by atoms with E-state index in [9.17, 15) is 17.4 Å². The lowest BCUT2D eigenvalue weighted by Gasteiger charge is -2.12. The van der Waals surface area contributed by atoms with E-state index in [0.717, 1.165) is 0 Å². The van der Waals surface area contributed by atoms with E-state index in [-0.39, 0.29) is 32.8 Å². The van der Waals surface area contributed by atoms with Crippen LogP contribution < -0.4 is 5.32 Å². The Morgan fingerprint density at radius 3 is 2.48 bits per heavy atom. The third kappa shape index (κ3) is 4.95. The van der Waals surface area contributed by atoms with Crippen LogP contribution >= 0.6 is 22.3 Å². The molecule has 0 saturated heterocycles. The van der Waals surface area contributed by atoms with E-state index in [1.165, 1.54) is 25.3 Å². The summed E-state index contributed by atoms with van der Waals surface area (Å²) in [5.41, 5.74) is 0.366. The summed E-state index contributed by atoms with van der Waals surface area (Å²) >= 11 is 5.93.